The Hall–Kier alpha value is -2.60. The van der Waals surface area contributed by atoms with Crippen molar-refractivity contribution >= 4 is 27.6 Å². The second-order valence-corrected chi connectivity index (χ2v) is 5.34. The molecule has 2 N–H and O–H groups in total. The minimum atomic E-state index is -0.206. The van der Waals surface area contributed by atoms with Crippen LogP contribution in [-0.4, -0.2) is 41.4 Å². The van der Waals surface area contributed by atoms with Gasteiger partial charge in [0.15, 0.2) is 0 Å². The van der Waals surface area contributed by atoms with Crippen LogP contribution in [0.3, 0.4) is 0 Å². The van der Waals surface area contributed by atoms with Crippen molar-refractivity contribution in [3.05, 3.63) is 40.7 Å². The number of phenolic OH excluding ortho intramolecular Hbond substituents is 1. The lowest BCUT2D eigenvalue weighted by atomic mass is 10.1. The van der Waals surface area contributed by atoms with Crippen LogP contribution in [0, 0.1) is 0 Å². The summed E-state index contributed by atoms with van der Waals surface area (Å²) >= 11 is 0. The Labute approximate surface area is 126 Å². The Morgan fingerprint density at radius 2 is 2.09 bits per heavy atom. The number of aromatic nitrogens is 2. The molecule has 0 aliphatic carbocycles. The van der Waals surface area contributed by atoms with Crippen LogP contribution < -0.4 is 10.3 Å². The topological polar surface area (TPSA) is 78.5 Å². The van der Waals surface area contributed by atoms with Gasteiger partial charge in [-0.25, -0.2) is 4.98 Å². The monoisotopic (exact) mass is 297 g/mol. The molecule has 1 saturated heterocycles. The highest BCUT2D eigenvalue weighted by atomic mass is 16.5. The number of H-pyrrole nitrogens is 1. The number of phenols is 1. The molecule has 1 aromatic carbocycles. The van der Waals surface area contributed by atoms with E-state index >= 15 is 0 Å². The number of aromatic amines is 1. The first kappa shape index (κ1) is 13.1. The lowest BCUT2D eigenvalue weighted by Crippen LogP contribution is -2.36. The number of fused-ring (bicyclic) bond motifs is 2. The number of nitrogens with zero attached hydrogens (tertiary/aromatic N) is 2. The Bertz CT molecular complexity index is 914. The average molecular weight is 297 g/mol. The van der Waals surface area contributed by atoms with Gasteiger partial charge in [0, 0.05) is 31.0 Å². The highest BCUT2D eigenvalue weighted by Crippen LogP contribution is 2.29. The highest BCUT2D eigenvalue weighted by Gasteiger charge is 2.16. The van der Waals surface area contributed by atoms with Gasteiger partial charge in [-0.3, -0.25) is 4.79 Å². The summed E-state index contributed by atoms with van der Waals surface area (Å²) in [6.07, 6.45) is 1.63. The standard InChI is InChI=1S/C16H15N3O3/c20-13-9-10(19-4-6-22-7-5-19)8-12-14(13)15(21)11-2-1-3-17-16(11)18-12/h1-3,8-9,20H,4-7H2,(H,17,18,21). The molecule has 0 radical (unpaired) electrons. The first-order chi connectivity index (χ1) is 10.7. The van der Waals surface area contributed by atoms with Gasteiger partial charge in [-0.15, -0.1) is 0 Å². The number of ether oxygens (including phenoxy) is 1. The zero-order valence-corrected chi connectivity index (χ0v) is 11.9. The van der Waals surface area contributed by atoms with E-state index in [0.29, 0.717) is 35.2 Å². The molecule has 112 valence electrons. The molecule has 3 heterocycles. The smallest absolute Gasteiger partial charge is 0.202 e. The summed E-state index contributed by atoms with van der Waals surface area (Å²) in [7, 11) is 0. The van der Waals surface area contributed by atoms with Gasteiger partial charge in [-0.1, -0.05) is 0 Å². The normalized spacial score (nSPS) is 15.5. The fourth-order valence-electron chi connectivity index (χ4n) is 2.90. The quantitative estimate of drug-likeness (QED) is 0.667. The van der Waals surface area contributed by atoms with E-state index in [4.69, 9.17) is 4.74 Å². The number of benzene rings is 1. The van der Waals surface area contributed by atoms with Gasteiger partial charge in [-0.05, 0) is 18.2 Å². The van der Waals surface area contributed by atoms with E-state index in [1.807, 2.05) is 6.07 Å². The van der Waals surface area contributed by atoms with E-state index in [1.54, 1.807) is 24.4 Å². The molecule has 0 unspecified atom stereocenters. The third kappa shape index (κ3) is 2.00. The van der Waals surface area contributed by atoms with Crippen molar-refractivity contribution in [3.63, 3.8) is 0 Å². The molecule has 0 spiro atoms. The summed E-state index contributed by atoms with van der Waals surface area (Å²) in [6.45, 7) is 2.85. The lowest BCUT2D eigenvalue weighted by Gasteiger charge is -2.29. The highest BCUT2D eigenvalue weighted by molar-refractivity contribution is 5.96. The predicted molar refractivity (Wildman–Crippen MR) is 84.6 cm³/mol. The van der Waals surface area contributed by atoms with Crippen LogP contribution in [0.4, 0.5) is 5.69 Å². The number of aromatic hydroxyl groups is 1. The number of morpholine rings is 1. The Kier molecular flexibility index (Phi) is 2.97. The van der Waals surface area contributed by atoms with E-state index < -0.39 is 0 Å². The molecule has 1 fully saturated rings. The van der Waals surface area contributed by atoms with Crippen LogP contribution in [0.25, 0.3) is 21.9 Å². The van der Waals surface area contributed by atoms with Gasteiger partial charge in [0.25, 0.3) is 0 Å². The maximum absolute atomic E-state index is 12.5. The number of anilines is 1. The molecule has 0 amide bonds. The van der Waals surface area contributed by atoms with Crippen LogP contribution >= 0.6 is 0 Å². The molecular formula is C16H15N3O3. The van der Waals surface area contributed by atoms with Crippen molar-refractivity contribution in [2.24, 2.45) is 0 Å². The maximum Gasteiger partial charge on any atom is 0.202 e. The first-order valence-electron chi connectivity index (χ1n) is 7.20. The third-order valence-electron chi connectivity index (χ3n) is 4.01. The Morgan fingerprint density at radius 3 is 2.91 bits per heavy atom. The second-order valence-electron chi connectivity index (χ2n) is 5.34. The second kappa shape index (κ2) is 4.99. The molecule has 4 rings (SSSR count). The van der Waals surface area contributed by atoms with Crippen LogP contribution in [0.15, 0.2) is 35.3 Å². The minimum Gasteiger partial charge on any atom is -0.507 e. The molecule has 2 aromatic heterocycles. The SMILES string of the molecule is O=c1c2cccnc2[nH]c2cc(N3CCOCC3)cc(O)c12. The van der Waals surface area contributed by atoms with Crippen molar-refractivity contribution in [3.8, 4) is 5.75 Å². The summed E-state index contributed by atoms with van der Waals surface area (Å²) in [5.41, 5.74) is 1.79. The van der Waals surface area contributed by atoms with Crippen LogP contribution in [-0.2, 0) is 4.74 Å². The summed E-state index contributed by atoms with van der Waals surface area (Å²) in [5, 5.41) is 11.1. The van der Waals surface area contributed by atoms with Crippen molar-refractivity contribution in [1.82, 2.24) is 9.97 Å². The van der Waals surface area contributed by atoms with Gasteiger partial charge in [0.1, 0.15) is 11.4 Å². The summed E-state index contributed by atoms with van der Waals surface area (Å²) in [4.78, 5) is 22.0. The molecule has 0 saturated carbocycles. The van der Waals surface area contributed by atoms with Crippen LogP contribution in [0.1, 0.15) is 0 Å². The van der Waals surface area contributed by atoms with Crippen molar-refractivity contribution < 1.29 is 9.84 Å². The largest absolute Gasteiger partial charge is 0.507 e. The Morgan fingerprint density at radius 1 is 1.27 bits per heavy atom. The van der Waals surface area contributed by atoms with E-state index in [2.05, 4.69) is 14.9 Å². The fraction of sp³-hybridized carbons (Fsp3) is 0.250. The number of nitrogens with one attached hydrogen (secondary N) is 1. The summed E-state index contributed by atoms with van der Waals surface area (Å²) < 4.78 is 5.34. The summed E-state index contributed by atoms with van der Waals surface area (Å²) in [5.74, 6) is -0.00834. The lowest BCUT2D eigenvalue weighted by molar-refractivity contribution is 0.122. The fourth-order valence-corrected chi connectivity index (χ4v) is 2.90. The van der Waals surface area contributed by atoms with Crippen molar-refractivity contribution in [1.29, 1.82) is 0 Å². The number of hydrogen-bond donors (Lipinski definition) is 2. The maximum atomic E-state index is 12.5. The van der Waals surface area contributed by atoms with Crippen molar-refractivity contribution in [2.75, 3.05) is 31.2 Å². The third-order valence-corrected chi connectivity index (χ3v) is 4.01. The van der Waals surface area contributed by atoms with E-state index in [0.717, 1.165) is 18.8 Å². The van der Waals surface area contributed by atoms with E-state index in [9.17, 15) is 9.90 Å². The zero-order valence-electron chi connectivity index (χ0n) is 11.9. The molecule has 22 heavy (non-hydrogen) atoms. The van der Waals surface area contributed by atoms with Gasteiger partial charge >= 0.3 is 0 Å². The number of pyridine rings is 2. The molecule has 0 atom stereocenters. The molecule has 6 heteroatoms. The van der Waals surface area contributed by atoms with Gasteiger partial charge in [0.2, 0.25) is 5.43 Å². The van der Waals surface area contributed by atoms with Gasteiger partial charge in [0.05, 0.1) is 29.5 Å². The first-order valence-corrected chi connectivity index (χ1v) is 7.20. The Balaban J connectivity index is 1.97. The molecule has 0 bridgehead atoms. The van der Waals surface area contributed by atoms with Gasteiger partial charge in [-0.2, -0.15) is 0 Å². The molecule has 1 aliphatic heterocycles. The number of hydrogen-bond acceptors (Lipinski definition) is 5. The zero-order chi connectivity index (χ0) is 15.1. The minimum absolute atomic E-state index is 0.00834. The number of rotatable bonds is 1. The van der Waals surface area contributed by atoms with E-state index in [1.165, 1.54) is 0 Å². The van der Waals surface area contributed by atoms with Crippen LogP contribution in [0.2, 0.25) is 0 Å². The van der Waals surface area contributed by atoms with Crippen molar-refractivity contribution in [2.45, 2.75) is 0 Å². The van der Waals surface area contributed by atoms with Crippen LogP contribution in [0.5, 0.6) is 5.75 Å². The molecule has 1 aliphatic rings. The summed E-state index contributed by atoms with van der Waals surface area (Å²) in [6, 6.07) is 6.94. The van der Waals surface area contributed by atoms with Gasteiger partial charge < -0.3 is 19.7 Å². The predicted octanol–water partition coefficient (Wildman–Crippen LogP) is 1.62. The average Bonchev–Trinajstić information content (AvgIpc) is 2.55. The molecule has 3 aromatic rings. The molecular weight excluding hydrogens is 282 g/mol. The van der Waals surface area contributed by atoms with E-state index in [-0.39, 0.29) is 11.2 Å². The molecule has 6 nitrogen and oxygen atoms in total.